The summed E-state index contributed by atoms with van der Waals surface area (Å²) < 4.78 is 13.5. The molecule has 0 aliphatic carbocycles. The first-order valence-corrected chi connectivity index (χ1v) is 7.05. The minimum Gasteiger partial charge on any atom is -0.386 e. The molecule has 1 aliphatic heterocycles. The minimum atomic E-state index is -0.961. The van der Waals surface area contributed by atoms with Crippen molar-refractivity contribution in [3.8, 4) is 0 Å². The van der Waals surface area contributed by atoms with Crippen molar-refractivity contribution in [1.82, 2.24) is 4.90 Å². The molecule has 4 nitrogen and oxygen atoms in total. The predicted molar refractivity (Wildman–Crippen MR) is 93.2 cm³/mol. The molecule has 1 aliphatic rings. The number of benzene rings is 1. The molecule has 2 unspecified atom stereocenters. The van der Waals surface area contributed by atoms with E-state index >= 15 is 0 Å². The monoisotopic (exact) mass is 407 g/mol. The molecule has 0 bridgehead atoms. The lowest BCUT2D eigenvalue weighted by Gasteiger charge is -2.31. The second-order valence-electron chi connectivity index (χ2n) is 5.43. The van der Waals surface area contributed by atoms with E-state index in [2.05, 4.69) is 11.9 Å². The van der Waals surface area contributed by atoms with Crippen LogP contribution in [0.5, 0.6) is 0 Å². The number of aliphatic imine (C=N–C) groups is 1. The normalized spacial score (nSPS) is 20.8. The first kappa shape index (κ1) is 18.2. The molecule has 6 heteroatoms. The average molecular weight is 407 g/mol. The van der Waals surface area contributed by atoms with Crippen LogP contribution in [0.2, 0.25) is 0 Å². The third-order valence-corrected chi connectivity index (χ3v) is 3.67. The number of hydrogen-bond acceptors (Lipinski definition) is 2. The lowest BCUT2D eigenvalue weighted by molar-refractivity contribution is 0.181. The van der Waals surface area contributed by atoms with Crippen molar-refractivity contribution in [2.24, 2.45) is 16.6 Å². The Kier molecular flexibility index (Phi) is 7.37. The van der Waals surface area contributed by atoms with Crippen molar-refractivity contribution in [2.45, 2.75) is 25.9 Å². The minimum absolute atomic E-state index is 0. The van der Waals surface area contributed by atoms with Gasteiger partial charge in [-0.05, 0) is 24.8 Å². The Hall–Kier alpha value is -0.890. The number of aliphatic hydroxyl groups excluding tert-OH is 1. The number of halogens is 2. The SMILES string of the molecule is CC1CCCN(C(N)=NCC(O)c2ccccc2F)C1.I. The molecular formula is C15H23FIN3O. The topological polar surface area (TPSA) is 61.8 Å². The standard InChI is InChI=1S/C15H22FN3O.HI/c1-11-5-4-8-19(10-11)15(17)18-9-14(20)12-6-2-3-7-13(12)16;/h2-3,6-7,11,14,20H,4-5,8-10H2,1H3,(H2,17,18);1H. The van der Waals surface area contributed by atoms with Crippen LogP contribution in [0.4, 0.5) is 4.39 Å². The summed E-state index contributed by atoms with van der Waals surface area (Å²) in [5.41, 5.74) is 6.21. The van der Waals surface area contributed by atoms with Crippen molar-refractivity contribution in [2.75, 3.05) is 19.6 Å². The maximum absolute atomic E-state index is 13.5. The Labute approximate surface area is 142 Å². The number of nitrogens with zero attached hydrogens (tertiary/aromatic N) is 2. The van der Waals surface area contributed by atoms with Crippen molar-refractivity contribution >= 4 is 29.9 Å². The first-order valence-electron chi connectivity index (χ1n) is 7.05. The predicted octanol–water partition coefficient (Wildman–Crippen LogP) is 2.52. The van der Waals surface area contributed by atoms with Crippen molar-refractivity contribution in [3.63, 3.8) is 0 Å². The quantitative estimate of drug-likeness (QED) is 0.460. The molecule has 0 radical (unpaired) electrons. The van der Waals surface area contributed by atoms with Gasteiger partial charge in [-0.2, -0.15) is 0 Å². The highest BCUT2D eigenvalue weighted by Crippen LogP contribution is 2.18. The summed E-state index contributed by atoms with van der Waals surface area (Å²) in [5, 5.41) is 9.98. The molecular weight excluding hydrogens is 384 g/mol. The van der Waals surface area contributed by atoms with E-state index < -0.39 is 11.9 Å². The molecule has 1 saturated heterocycles. The summed E-state index contributed by atoms with van der Waals surface area (Å²) in [5.74, 6) is 0.626. The summed E-state index contributed by atoms with van der Waals surface area (Å²) in [4.78, 5) is 6.23. The van der Waals surface area contributed by atoms with Crippen LogP contribution >= 0.6 is 24.0 Å². The van der Waals surface area contributed by atoms with Crippen LogP contribution in [0.3, 0.4) is 0 Å². The lowest BCUT2D eigenvalue weighted by Crippen LogP contribution is -2.43. The number of hydrogen-bond donors (Lipinski definition) is 2. The molecule has 1 aromatic carbocycles. The Balaban J connectivity index is 0.00000220. The summed E-state index contributed by atoms with van der Waals surface area (Å²) in [7, 11) is 0. The van der Waals surface area contributed by atoms with E-state index in [-0.39, 0.29) is 36.1 Å². The molecule has 0 aromatic heterocycles. The Morgan fingerprint density at radius 3 is 2.90 bits per heavy atom. The highest BCUT2D eigenvalue weighted by Gasteiger charge is 2.18. The molecule has 1 heterocycles. The van der Waals surface area contributed by atoms with E-state index in [0.717, 1.165) is 19.5 Å². The van der Waals surface area contributed by atoms with Gasteiger partial charge in [-0.15, -0.1) is 24.0 Å². The molecule has 21 heavy (non-hydrogen) atoms. The van der Waals surface area contributed by atoms with E-state index in [1.807, 2.05) is 4.90 Å². The largest absolute Gasteiger partial charge is 0.386 e. The van der Waals surface area contributed by atoms with E-state index in [9.17, 15) is 9.50 Å². The highest BCUT2D eigenvalue weighted by atomic mass is 127. The van der Waals surface area contributed by atoms with E-state index in [0.29, 0.717) is 11.9 Å². The molecule has 1 aromatic rings. The number of rotatable bonds is 3. The number of nitrogens with two attached hydrogens (primary N) is 1. The Morgan fingerprint density at radius 1 is 1.52 bits per heavy atom. The fourth-order valence-corrected chi connectivity index (χ4v) is 2.52. The first-order chi connectivity index (χ1) is 9.58. The van der Waals surface area contributed by atoms with Crippen LogP contribution in [0.15, 0.2) is 29.3 Å². The fourth-order valence-electron chi connectivity index (χ4n) is 2.52. The molecule has 2 rings (SSSR count). The zero-order valence-electron chi connectivity index (χ0n) is 12.2. The van der Waals surface area contributed by atoms with Gasteiger partial charge in [0.25, 0.3) is 0 Å². The van der Waals surface area contributed by atoms with Gasteiger partial charge in [0.1, 0.15) is 11.9 Å². The number of piperidine rings is 1. The molecule has 3 N–H and O–H groups in total. The zero-order valence-corrected chi connectivity index (χ0v) is 14.5. The third-order valence-electron chi connectivity index (χ3n) is 3.67. The number of guanidine groups is 1. The number of aliphatic hydroxyl groups is 1. The van der Waals surface area contributed by atoms with Crippen LogP contribution in [-0.4, -0.2) is 35.6 Å². The molecule has 0 spiro atoms. The second-order valence-corrected chi connectivity index (χ2v) is 5.43. The van der Waals surface area contributed by atoms with Gasteiger partial charge in [-0.1, -0.05) is 25.1 Å². The number of likely N-dealkylation sites (tertiary alicyclic amines) is 1. The molecule has 0 amide bonds. The maximum Gasteiger partial charge on any atom is 0.191 e. The van der Waals surface area contributed by atoms with Crippen LogP contribution in [-0.2, 0) is 0 Å². The second kappa shape index (κ2) is 8.53. The van der Waals surface area contributed by atoms with E-state index in [4.69, 9.17) is 5.73 Å². The molecule has 118 valence electrons. The van der Waals surface area contributed by atoms with Crippen molar-refractivity contribution in [3.05, 3.63) is 35.6 Å². The molecule has 0 saturated carbocycles. The smallest absolute Gasteiger partial charge is 0.191 e. The average Bonchev–Trinajstić information content (AvgIpc) is 2.45. The summed E-state index contributed by atoms with van der Waals surface area (Å²) >= 11 is 0. The van der Waals surface area contributed by atoms with Gasteiger partial charge in [-0.25, -0.2) is 4.39 Å². The van der Waals surface area contributed by atoms with E-state index in [1.165, 1.54) is 12.5 Å². The van der Waals surface area contributed by atoms with Gasteiger partial charge >= 0.3 is 0 Å². The third kappa shape index (κ3) is 5.10. The zero-order chi connectivity index (χ0) is 14.5. The van der Waals surface area contributed by atoms with Gasteiger partial charge in [0.15, 0.2) is 5.96 Å². The summed E-state index contributed by atoms with van der Waals surface area (Å²) in [6.07, 6.45) is 1.35. The summed E-state index contributed by atoms with van der Waals surface area (Å²) in [6.45, 7) is 4.06. The van der Waals surface area contributed by atoms with Crippen molar-refractivity contribution in [1.29, 1.82) is 0 Å². The maximum atomic E-state index is 13.5. The fraction of sp³-hybridized carbons (Fsp3) is 0.533. The molecule has 2 atom stereocenters. The highest BCUT2D eigenvalue weighted by molar-refractivity contribution is 14.0. The van der Waals surface area contributed by atoms with Crippen LogP contribution in [0.25, 0.3) is 0 Å². The van der Waals surface area contributed by atoms with Gasteiger partial charge < -0.3 is 15.7 Å². The van der Waals surface area contributed by atoms with Crippen LogP contribution in [0, 0.1) is 11.7 Å². The van der Waals surface area contributed by atoms with Crippen LogP contribution < -0.4 is 5.73 Å². The van der Waals surface area contributed by atoms with Gasteiger partial charge in [-0.3, -0.25) is 4.99 Å². The molecule has 1 fully saturated rings. The Morgan fingerprint density at radius 2 is 2.24 bits per heavy atom. The Bertz CT molecular complexity index is 484. The van der Waals surface area contributed by atoms with Gasteiger partial charge in [0.2, 0.25) is 0 Å². The van der Waals surface area contributed by atoms with Crippen molar-refractivity contribution < 1.29 is 9.50 Å². The van der Waals surface area contributed by atoms with Gasteiger partial charge in [0.05, 0.1) is 6.54 Å². The lowest BCUT2D eigenvalue weighted by atomic mass is 10.0. The van der Waals surface area contributed by atoms with Gasteiger partial charge in [0, 0.05) is 18.7 Å². The van der Waals surface area contributed by atoms with E-state index in [1.54, 1.807) is 18.2 Å². The summed E-state index contributed by atoms with van der Waals surface area (Å²) in [6, 6.07) is 6.19. The van der Waals surface area contributed by atoms with Crippen LogP contribution in [0.1, 0.15) is 31.4 Å².